The number of fused-ring (bicyclic) bond motifs is 1. The van der Waals surface area contributed by atoms with Gasteiger partial charge in [-0.05, 0) is 56.0 Å². The highest BCUT2D eigenvalue weighted by Crippen LogP contribution is 2.31. The first kappa shape index (κ1) is 25.0. The maximum Gasteiger partial charge on any atom is 0.272 e. The summed E-state index contributed by atoms with van der Waals surface area (Å²) in [4.78, 5) is 44.5. The first-order valence-corrected chi connectivity index (χ1v) is 12.5. The van der Waals surface area contributed by atoms with Crippen molar-refractivity contribution in [2.24, 2.45) is 10.9 Å². The Bertz CT molecular complexity index is 1180. The number of hydrogen-bond acceptors (Lipinski definition) is 4. The van der Waals surface area contributed by atoms with Crippen LogP contribution in [0, 0.1) is 11.7 Å². The largest absolute Gasteiger partial charge is 0.345 e. The molecule has 35 heavy (non-hydrogen) atoms. The van der Waals surface area contributed by atoms with Gasteiger partial charge in [0.2, 0.25) is 18.0 Å². The fourth-order valence-corrected chi connectivity index (χ4v) is 4.97. The monoisotopic (exact) mass is 542 g/mol. The molecule has 0 bridgehead atoms. The van der Waals surface area contributed by atoms with Crippen molar-refractivity contribution in [2.45, 2.75) is 51.2 Å². The van der Waals surface area contributed by atoms with Crippen LogP contribution in [0.5, 0.6) is 0 Å². The Hall–Kier alpha value is -3.07. The molecular weight excluding hydrogens is 515 g/mol. The fraction of sp³-hybridized carbons (Fsp3) is 0.385. The van der Waals surface area contributed by atoms with Crippen molar-refractivity contribution in [1.82, 2.24) is 10.6 Å². The Balaban J connectivity index is 1.60. The van der Waals surface area contributed by atoms with Crippen LogP contribution >= 0.6 is 15.9 Å². The Kier molecular flexibility index (Phi) is 7.64. The van der Waals surface area contributed by atoms with E-state index in [-0.39, 0.29) is 17.2 Å². The zero-order chi connectivity index (χ0) is 25.1. The SMILES string of the molecule is C[C@H](NC(=O)CC1CCCC1)C(=O)NC1N=C(c2ccccc2F)c2cc(Br)ccc2N(C)C1=O. The van der Waals surface area contributed by atoms with Crippen molar-refractivity contribution in [2.75, 3.05) is 11.9 Å². The minimum absolute atomic E-state index is 0.184. The Morgan fingerprint density at radius 3 is 2.60 bits per heavy atom. The van der Waals surface area contributed by atoms with Gasteiger partial charge < -0.3 is 15.5 Å². The van der Waals surface area contributed by atoms with Gasteiger partial charge in [0.15, 0.2) is 0 Å². The molecule has 1 aliphatic carbocycles. The molecule has 1 fully saturated rings. The summed E-state index contributed by atoms with van der Waals surface area (Å²) in [7, 11) is 1.58. The average Bonchev–Trinajstić information content (AvgIpc) is 3.31. The second kappa shape index (κ2) is 10.7. The molecule has 2 N–H and O–H groups in total. The van der Waals surface area contributed by atoms with Gasteiger partial charge >= 0.3 is 0 Å². The Labute approximate surface area is 212 Å². The van der Waals surface area contributed by atoms with E-state index in [9.17, 15) is 18.8 Å². The molecule has 2 aromatic carbocycles. The van der Waals surface area contributed by atoms with Gasteiger partial charge in [0.1, 0.15) is 11.9 Å². The van der Waals surface area contributed by atoms with Crippen LogP contribution < -0.4 is 15.5 Å². The summed E-state index contributed by atoms with van der Waals surface area (Å²) in [6.07, 6.45) is 3.42. The number of hydrogen-bond donors (Lipinski definition) is 2. The van der Waals surface area contributed by atoms with E-state index in [0.29, 0.717) is 23.6 Å². The molecule has 1 saturated carbocycles. The van der Waals surface area contributed by atoms with E-state index in [1.165, 1.54) is 11.0 Å². The van der Waals surface area contributed by atoms with Gasteiger partial charge in [-0.1, -0.05) is 40.9 Å². The molecule has 2 aromatic rings. The average molecular weight is 543 g/mol. The summed E-state index contributed by atoms with van der Waals surface area (Å²) < 4.78 is 15.5. The maximum atomic E-state index is 14.8. The molecule has 1 aliphatic heterocycles. The van der Waals surface area contributed by atoms with Gasteiger partial charge in [-0.25, -0.2) is 9.38 Å². The van der Waals surface area contributed by atoms with Gasteiger partial charge in [-0.2, -0.15) is 0 Å². The lowest BCUT2D eigenvalue weighted by atomic mass is 10.00. The van der Waals surface area contributed by atoms with Crippen LogP contribution in [-0.4, -0.2) is 42.7 Å². The second-order valence-electron chi connectivity index (χ2n) is 9.07. The van der Waals surface area contributed by atoms with Gasteiger partial charge in [-0.3, -0.25) is 14.4 Å². The normalized spacial score (nSPS) is 19.0. The first-order valence-electron chi connectivity index (χ1n) is 11.7. The summed E-state index contributed by atoms with van der Waals surface area (Å²) in [6, 6.07) is 10.6. The highest BCUT2D eigenvalue weighted by atomic mass is 79.9. The molecule has 0 radical (unpaired) electrons. The number of likely N-dealkylation sites (N-methyl/N-ethyl adjacent to an activating group) is 1. The number of rotatable bonds is 6. The van der Waals surface area contributed by atoms with E-state index >= 15 is 0 Å². The van der Waals surface area contributed by atoms with Crippen LogP contribution in [0.15, 0.2) is 51.9 Å². The van der Waals surface area contributed by atoms with E-state index in [2.05, 4.69) is 31.6 Å². The van der Waals surface area contributed by atoms with E-state index in [1.807, 2.05) is 0 Å². The molecule has 0 aromatic heterocycles. The summed E-state index contributed by atoms with van der Waals surface area (Å²) >= 11 is 3.44. The molecule has 3 amide bonds. The molecule has 2 atom stereocenters. The quantitative estimate of drug-likeness (QED) is 0.579. The lowest BCUT2D eigenvalue weighted by Crippen LogP contribution is -2.52. The molecule has 7 nitrogen and oxygen atoms in total. The van der Waals surface area contributed by atoms with Crippen molar-refractivity contribution >= 4 is 45.1 Å². The fourth-order valence-electron chi connectivity index (χ4n) is 4.61. The van der Waals surface area contributed by atoms with Crippen molar-refractivity contribution in [3.8, 4) is 0 Å². The van der Waals surface area contributed by atoms with E-state index in [4.69, 9.17) is 0 Å². The van der Waals surface area contributed by atoms with Gasteiger partial charge in [0.25, 0.3) is 5.91 Å². The number of benzodiazepines with no additional fused rings is 1. The second-order valence-corrected chi connectivity index (χ2v) is 9.99. The number of anilines is 1. The summed E-state index contributed by atoms with van der Waals surface area (Å²) in [5.41, 5.74) is 1.55. The third kappa shape index (κ3) is 5.61. The maximum absolute atomic E-state index is 14.8. The number of nitrogens with zero attached hydrogens (tertiary/aromatic N) is 2. The molecule has 2 aliphatic rings. The number of halogens is 2. The molecule has 0 spiro atoms. The van der Waals surface area contributed by atoms with Crippen LogP contribution in [0.4, 0.5) is 10.1 Å². The highest BCUT2D eigenvalue weighted by Gasteiger charge is 2.33. The van der Waals surface area contributed by atoms with Crippen LogP contribution in [0.1, 0.15) is 50.2 Å². The lowest BCUT2D eigenvalue weighted by Gasteiger charge is -2.22. The minimum atomic E-state index is -1.29. The number of amides is 3. The van der Waals surface area contributed by atoms with Crippen LogP contribution in [0.2, 0.25) is 0 Å². The van der Waals surface area contributed by atoms with Gasteiger partial charge in [0, 0.05) is 29.1 Å². The third-order valence-corrected chi connectivity index (χ3v) is 7.02. The van der Waals surface area contributed by atoms with E-state index < -0.39 is 29.8 Å². The standard InChI is InChI=1S/C26H28BrFN4O3/c1-15(29-22(33)13-16-7-3-4-8-16)25(34)31-24-26(35)32(2)21-12-11-17(27)14-19(21)23(30-24)18-9-5-6-10-20(18)28/h5-6,9-12,14-16,24H,3-4,7-8,13H2,1-2H3,(H,29,33)(H,31,34)/t15-,24?/m0/s1. The van der Waals surface area contributed by atoms with Crippen molar-refractivity contribution in [3.63, 3.8) is 0 Å². The van der Waals surface area contributed by atoms with Gasteiger partial charge in [0.05, 0.1) is 11.4 Å². The smallest absolute Gasteiger partial charge is 0.272 e. The predicted octanol–water partition coefficient (Wildman–Crippen LogP) is 3.93. The number of aliphatic imine (C=N–C) groups is 1. The minimum Gasteiger partial charge on any atom is -0.345 e. The molecule has 4 rings (SSSR count). The van der Waals surface area contributed by atoms with Crippen LogP contribution in [0.3, 0.4) is 0 Å². The van der Waals surface area contributed by atoms with E-state index in [1.54, 1.807) is 50.4 Å². The molecule has 1 heterocycles. The summed E-state index contributed by atoms with van der Waals surface area (Å²) in [6.45, 7) is 1.57. The number of carbonyl (C=O) groups excluding carboxylic acids is 3. The first-order chi connectivity index (χ1) is 16.7. The van der Waals surface area contributed by atoms with Crippen molar-refractivity contribution in [3.05, 3.63) is 63.9 Å². The Morgan fingerprint density at radius 1 is 1.17 bits per heavy atom. The zero-order valence-corrected chi connectivity index (χ0v) is 21.3. The van der Waals surface area contributed by atoms with E-state index in [0.717, 1.165) is 30.2 Å². The molecule has 184 valence electrons. The predicted molar refractivity (Wildman–Crippen MR) is 136 cm³/mol. The number of benzene rings is 2. The summed E-state index contributed by atoms with van der Waals surface area (Å²) in [5.74, 6) is -1.34. The molecule has 9 heteroatoms. The zero-order valence-electron chi connectivity index (χ0n) is 19.7. The molecule has 0 saturated heterocycles. The highest BCUT2D eigenvalue weighted by molar-refractivity contribution is 9.10. The van der Waals surface area contributed by atoms with Crippen molar-refractivity contribution < 1.29 is 18.8 Å². The number of carbonyl (C=O) groups is 3. The van der Waals surface area contributed by atoms with Crippen LogP contribution in [0.25, 0.3) is 0 Å². The molecule has 1 unspecified atom stereocenters. The summed E-state index contributed by atoms with van der Waals surface area (Å²) in [5, 5.41) is 5.36. The third-order valence-electron chi connectivity index (χ3n) is 6.53. The van der Waals surface area contributed by atoms with Crippen LogP contribution in [-0.2, 0) is 14.4 Å². The topological polar surface area (TPSA) is 90.9 Å². The number of nitrogens with one attached hydrogen (secondary N) is 2. The van der Waals surface area contributed by atoms with Gasteiger partial charge in [-0.15, -0.1) is 0 Å². The Morgan fingerprint density at radius 2 is 1.89 bits per heavy atom. The lowest BCUT2D eigenvalue weighted by molar-refractivity contribution is -0.131. The van der Waals surface area contributed by atoms with Crippen molar-refractivity contribution in [1.29, 1.82) is 0 Å². The molecular formula is C26H28BrFN4O3.